The van der Waals surface area contributed by atoms with E-state index in [2.05, 4.69) is 15.3 Å². The van der Waals surface area contributed by atoms with Gasteiger partial charge in [-0.1, -0.05) is 42.5 Å². The number of para-hydroxylation sites is 2. The first kappa shape index (κ1) is 23.1. The molecule has 7 nitrogen and oxygen atoms in total. The van der Waals surface area contributed by atoms with Gasteiger partial charge in [0.1, 0.15) is 5.52 Å². The number of thiazole rings is 1. The molecule has 1 atom stereocenters. The van der Waals surface area contributed by atoms with E-state index in [0.29, 0.717) is 33.1 Å². The van der Waals surface area contributed by atoms with Crippen molar-refractivity contribution in [1.29, 1.82) is 0 Å². The molecule has 6 aromatic rings. The van der Waals surface area contributed by atoms with Gasteiger partial charge in [-0.3, -0.25) is 10.1 Å². The lowest BCUT2D eigenvalue weighted by Crippen LogP contribution is -2.30. The van der Waals surface area contributed by atoms with Gasteiger partial charge in [0, 0.05) is 16.3 Å². The summed E-state index contributed by atoms with van der Waals surface area (Å²) in [5, 5.41) is 8.51. The van der Waals surface area contributed by atoms with Crippen LogP contribution in [0.25, 0.3) is 43.9 Å². The predicted octanol–water partition coefficient (Wildman–Crippen LogP) is 7.02. The fourth-order valence-electron chi connectivity index (χ4n) is 4.03. The summed E-state index contributed by atoms with van der Waals surface area (Å²) in [6.45, 7) is 1.54. The molecular weight excluding hydrogens is 506 g/mol. The van der Waals surface area contributed by atoms with Crippen LogP contribution >= 0.6 is 22.7 Å². The molecule has 182 valence electrons. The highest BCUT2D eigenvalue weighted by Crippen LogP contribution is 2.33. The maximum Gasteiger partial charge on any atom is 0.339 e. The minimum absolute atomic E-state index is 0.323. The smallest absolute Gasteiger partial charge is 0.339 e. The Morgan fingerprint density at radius 1 is 0.946 bits per heavy atom. The van der Waals surface area contributed by atoms with Crippen molar-refractivity contribution in [2.45, 2.75) is 13.0 Å². The van der Waals surface area contributed by atoms with E-state index in [-0.39, 0.29) is 0 Å². The third-order valence-electron chi connectivity index (χ3n) is 5.81. The van der Waals surface area contributed by atoms with Crippen molar-refractivity contribution in [3.8, 4) is 22.0 Å². The highest BCUT2D eigenvalue weighted by atomic mass is 32.1. The molecule has 0 spiro atoms. The lowest BCUT2D eigenvalue weighted by atomic mass is 9.99. The van der Waals surface area contributed by atoms with Gasteiger partial charge in [-0.05, 0) is 48.0 Å². The van der Waals surface area contributed by atoms with Crippen molar-refractivity contribution in [3.05, 3.63) is 89.1 Å². The summed E-state index contributed by atoms with van der Waals surface area (Å²) in [7, 11) is 0. The number of amides is 1. The van der Waals surface area contributed by atoms with Gasteiger partial charge in [0.2, 0.25) is 5.89 Å². The van der Waals surface area contributed by atoms with E-state index in [9.17, 15) is 9.59 Å². The zero-order chi connectivity index (χ0) is 25.4. The first-order valence-electron chi connectivity index (χ1n) is 11.5. The number of fused-ring (bicyclic) bond motifs is 2. The van der Waals surface area contributed by atoms with Gasteiger partial charge in [0.25, 0.3) is 5.91 Å². The normalized spacial score (nSPS) is 12.0. The summed E-state index contributed by atoms with van der Waals surface area (Å²) in [6, 6.07) is 22.4. The molecule has 0 saturated heterocycles. The average molecular weight is 526 g/mol. The van der Waals surface area contributed by atoms with Crippen LogP contribution in [0.15, 0.2) is 88.0 Å². The molecule has 9 heteroatoms. The first-order valence-corrected chi connectivity index (χ1v) is 13.2. The number of carbonyl (C=O) groups is 2. The van der Waals surface area contributed by atoms with Gasteiger partial charge < -0.3 is 9.15 Å². The van der Waals surface area contributed by atoms with Crippen molar-refractivity contribution in [3.63, 3.8) is 0 Å². The number of benzene rings is 3. The molecule has 3 aromatic heterocycles. The molecule has 1 amide bonds. The van der Waals surface area contributed by atoms with Crippen molar-refractivity contribution < 1.29 is 18.7 Å². The number of aromatic nitrogens is 2. The molecule has 0 bridgehead atoms. The number of oxazole rings is 1. The second kappa shape index (κ2) is 9.61. The van der Waals surface area contributed by atoms with Crippen LogP contribution in [0.5, 0.6) is 0 Å². The number of hydrogen-bond donors (Lipinski definition) is 1. The van der Waals surface area contributed by atoms with Crippen LogP contribution in [0.2, 0.25) is 0 Å². The number of nitrogens with zero attached hydrogens (tertiary/aromatic N) is 2. The quantitative estimate of drug-likeness (QED) is 0.235. The summed E-state index contributed by atoms with van der Waals surface area (Å²) in [4.78, 5) is 36.1. The zero-order valence-electron chi connectivity index (χ0n) is 19.5. The molecule has 37 heavy (non-hydrogen) atoms. The second-order valence-electron chi connectivity index (χ2n) is 8.25. The Kier molecular flexibility index (Phi) is 5.99. The van der Waals surface area contributed by atoms with E-state index in [1.54, 1.807) is 23.5 Å². The third kappa shape index (κ3) is 4.50. The van der Waals surface area contributed by atoms with E-state index in [1.807, 2.05) is 71.4 Å². The summed E-state index contributed by atoms with van der Waals surface area (Å²) in [6.07, 6.45) is -1.03. The molecule has 1 unspecified atom stereocenters. The van der Waals surface area contributed by atoms with E-state index < -0.39 is 18.0 Å². The molecule has 0 saturated carbocycles. The molecule has 0 aliphatic heterocycles. The van der Waals surface area contributed by atoms with E-state index >= 15 is 0 Å². The lowest BCUT2D eigenvalue weighted by Gasteiger charge is -2.14. The molecule has 0 aliphatic rings. The van der Waals surface area contributed by atoms with Crippen LogP contribution < -0.4 is 5.32 Å². The standard InChI is InChI=1S/C28H19N3O4S2/c1-16(25(32)31-28-30-21(15-37-28)23-13-6-14-36-23)34-27(33)19-10-5-8-17-7-4-9-18(24(17)19)26-29-20-11-2-3-12-22(20)35-26/h2-16H,1H3,(H,30,31,32). The number of anilines is 1. The van der Waals surface area contributed by atoms with Gasteiger partial charge in [-0.15, -0.1) is 22.7 Å². The molecule has 0 radical (unpaired) electrons. The van der Waals surface area contributed by atoms with Crippen molar-refractivity contribution >= 4 is 61.6 Å². The Morgan fingerprint density at radius 2 is 1.78 bits per heavy atom. The van der Waals surface area contributed by atoms with Crippen molar-refractivity contribution in [1.82, 2.24) is 9.97 Å². The molecule has 0 aliphatic carbocycles. The highest BCUT2D eigenvalue weighted by Gasteiger charge is 2.23. The van der Waals surface area contributed by atoms with Gasteiger partial charge >= 0.3 is 5.97 Å². The van der Waals surface area contributed by atoms with Crippen LogP contribution in [0.1, 0.15) is 17.3 Å². The number of ether oxygens (including phenoxy) is 1. The minimum atomic E-state index is -1.03. The number of thiophene rings is 1. The topological polar surface area (TPSA) is 94.3 Å². The van der Waals surface area contributed by atoms with Crippen LogP contribution in [-0.4, -0.2) is 27.9 Å². The number of hydrogen-bond acceptors (Lipinski definition) is 8. The molecule has 1 N–H and O–H groups in total. The van der Waals surface area contributed by atoms with E-state index in [1.165, 1.54) is 18.3 Å². The van der Waals surface area contributed by atoms with Crippen LogP contribution in [0.4, 0.5) is 5.13 Å². The van der Waals surface area contributed by atoms with Crippen LogP contribution in [0.3, 0.4) is 0 Å². The summed E-state index contributed by atoms with van der Waals surface area (Å²) >= 11 is 2.89. The van der Waals surface area contributed by atoms with E-state index in [4.69, 9.17) is 9.15 Å². The van der Waals surface area contributed by atoms with Gasteiger partial charge in [0.05, 0.1) is 16.1 Å². The molecule has 3 aromatic carbocycles. The number of nitrogens with one attached hydrogen (secondary N) is 1. The Morgan fingerprint density at radius 3 is 2.59 bits per heavy atom. The first-order chi connectivity index (χ1) is 18.1. The predicted molar refractivity (Wildman–Crippen MR) is 146 cm³/mol. The Balaban J connectivity index is 1.25. The number of esters is 1. The minimum Gasteiger partial charge on any atom is -0.449 e. The average Bonchev–Trinajstić information content (AvgIpc) is 3.68. The third-order valence-corrected chi connectivity index (χ3v) is 7.46. The van der Waals surface area contributed by atoms with E-state index in [0.717, 1.165) is 21.5 Å². The Hall–Kier alpha value is -4.34. The molecule has 3 heterocycles. The van der Waals surface area contributed by atoms with Crippen molar-refractivity contribution in [2.24, 2.45) is 0 Å². The summed E-state index contributed by atoms with van der Waals surface area (Å²) in [5.41, 5.74) is 3.17. The van der Waals surface area contributed by atoms with Crippen molar-refractivity contribution in [2.75, 3.05) is 5.32 Å². The fraction of sp³-hybridized carbons (Fsp3) is 0.0714. The Bertz CT molecular complexity index is 1720. The number of rotatable bonds is 6. The SMILES string of the molecule is CC(OC(=O)c1cccc2cccc(-c3nc4ccccc4o3)c12)C(=O)Nc1nc(-c2cccs2)cs1. The fourth-order valence-corrected chi connectivity index (χ4v) is 5.50. The van der Waals surface area contributed by atoms with Crippen LogP contribution in [-0.2, 0) is 9.53 Å². The van der Waals surface area contributed by atoms with Crippen LogP contribution in [0, 0.1) is 0 Å². The molecule has 0 fully saturated rings. The van der Waals surface area contributed by atoms with Gasteiger partial charge in [0.15, 0.2) is 16.8 Å². The molecule has 6 rings (SSSR count). The monoisotopic (exact) mass is 525 g/mol. The lowest BCUT2D eigenvalue weighted by molar-refractivity contribution is -0.123. The maximum atomic E-state index is 13.3. The highest BCUT2D eigenvalue weighted by molar-refractivity contribution is 7.16. The van der Waals surface area contributed by atoms with Gasteiger partial charge in [-0.2, -0.15) is 0 Å². The van der Waals surface area contributed by atoms with Gasteiger partial charge in [-0.25, -0.2) is 14.8 Å². The summed E-state index contributed by atoms with van der Waals surface area (Å²) < 4.78 is 11.6. The molecular formula is C28H19N3O4S2. The Labute approximate surface area is 219 Å². The number of carbonyl (C=O) groups excluding carboxylic acids is 2. The zero-order valence-corrected chi connectivity index (χ0v) is 21.1. The maximum absolute atomic E-state index is 13.3. The summed E-state index contributed by atoms with van der Waals surface area (Å²) in [5.74, 6) is -0.668. The second-order valence-corrected chi connectivity index (χ2v) is 10.1. The largest absolute Gasteiger partial charge is 0.449 e.